The molecule has 2 aromatic rings. The molecular formula is C8H6FN3O3. The molecule has 0 aliphatic rings. The van der Waals surface area contributed by atoms with Gasteiger partial charge in [0, 0.05) is 6.07 Å². The molecule has 0 bridgehead atoms. The molecule has 3 N–H and O–H groups in total. The first kappa shape index (κ1) is 9.56. The summed E-state index contributed by atoms with van der Waals surface area (Å²) in [6.45, 7) is 0. The minimum absolute atomic E-state index is 0.0713. The Morgan fingerprint density at radius 2 is 2.13 bits per heavy atom. The second kappa shape index (κ2) is 3.30. The molecule has 0 saturated heterocycles. The van der Waals surface area contributed by atoms with Crippen LogP contribution in [0.3, 0.4) is 0 Å². The number of anilines is 1. The highest BCUT2D eigenvalue weighted by Gasteiger charge is 2.11. The lowest BCUT2D eigenvalue weighted by molar-refractivity contribution is 0.0273. The Bertz CT molecular complexity index is 567. The third-order valence-corrected chi connectivity index (χ3v) is 1.92. The van der Waals surface area contributed by atoms with Gasteiger partial charge in [-0.3, -0.25) is 15.2 Å². The summed E-state index contributed by atoms with van der Waals surface area (Å²) in [6.07, 6.45) is 1.14. The van der Waals surface area contributed by atoms with E-state index in [0.29, 0.717) is 0 Å². The molecule has 0 unspecified atom stereocenters. The molecule has 15 heavy (non-hydrogen) atoms. The molecule has 0 aliphatic carbocycles. The van der Waals surface area contributed by atoms with Crippen LogP contribution in [-0.4, -0.2) is 20.4 Å². The number of benzene rings is 1. The maximum atomic E-state index is 13.2. The summed E-state index contributed by atoms with van der Waals surface area (Å²) in [7, 11) is 0. The summed E-state index contributed by atoms with van der Waals surface area (Å²) < 4.78 is 13.2. The number of aromatic amines is 1. The van der Waals surface area contributed by atoms with Crippen LogP contribution in [0.15, 0.2) is 23.3 Å². The first-order chi connectivity index (χ1) is 7.09. The Morgan fingerprint density at radius 1 is 1.40 bits per heavy atom. The molecule has 0 saturated carbocycles. The molecule has 1 aromatic carbocycles. The number of nitrogens with zero attached hydrogens (tertiary/aromatic N) is 2. The quantitative estimate of drug-likeness (QED) is 0.602. The molecule has 0 fully saturated rings. The van der Waals surface area contributed by atoms with Crippen LogP contribution in [0.4, 0.5) is 10.1 Å². The van der Waals surface area contributed by atoms with Crippen LogP contribution in [0.25, 0.3) is 10.9 Å². The molecule has 0 radical (unpaired) electrons. The average molecular weight is 211 g/mol. The smallest absolute Gasteiger partial charge is 0.258 e. The normalized spacial score (nSPS) is 10.6. The number of H-pyrrole nitrogens is 1. The summed E-state index contributed by atoms with van der Waals surface area (Å²) in [5.74, 6) is -0.884. The molecule has 1 aromatic heterocycles. The van der Waals surface area contributed by atoms with Gasteiger partial charge in [-0.2, -0.15) is 0 Å². The second-order valence-corrected chi connectivity index (χ2v) is 2.84. The van der Waals surface area contributed by atoms with Gasteiger partial charge in [-0.05, 0) is 6.07 Å². The number of aromatic nitrogens is 2. The Kier molecular flexibility index (Phi) is 2.10. The minimum Gasteiger partial charge on any atom is -0.313 e. The molecule has 0 amide bonds. The molecule has 7 heteroatoms. The van der Waals surface area contributed by atoms with Crippen molar-refractivity contribution in [2.75, 3.05) is 5.23 Å². The van der Waals surface area contributed by atoms with Gasteiger partial charge in [0.15, 0.2) is 5.82 Å². The van der Waals surface area contributed by atoms with Crippen LogP contribution in [0.5, 0.6) is 0 Å². The van der Waals surface area contributed by atoms with Gasteiger partial charge in [0.1, 0.15) is 5.69 Å². The highest BCUT2D eigenvalue weighted by atomic mass is 19.1. The standard InChI is InChI=1S/C8H6FN3O3/c9-5-2-6-4(1-7(5)12(14)15)8(13)11-3-10-6/h1-3,14-15H,(H,10,11,13). The van der Waals surface area contributed by atoms with Crippen LogP contribution in [-0.2, 0) is 0 Å². The Labute approximate surface area is 82.1 Å². The zero-order valence-corrected chi connectivity index (χ0v) is 7.31. The van der Waals surface area contributed by atoms with Crippen LogP contribution in [0, 0.1) is 5.82 Å². The van der Waals surface area contributed by atoms with E-state index in [0.717, 1.165) is 18.5 Å². The molecule has 0 aliphatic heterocycles. The Balaban J connectivity index is 2.84. The van der Waals surface area contributed by atoms with Gasteiger partial charge >= 0.3 is 0 Å². The Morgan fingerprint density at radius 3 is 2.80 bits per heavy atom. The van der Waals surface area contributed by atoms with E-state index in [-0.39, 0.29) is 16.1 Å². The van der Waals surface area contributed by atoms with Gasteiger partial charge in [-0.1, -0.05) is 0 Å². The minimum atomic E-state index is -0.884. The fraction of sp³-hybridized carbons (Fsp3) is 0. The van der Waals surface area contributed by atoms with E-state index >= 15 is 0 Å². The lowest BCUT2D eigenvalue weighted by Gasteiger charge is -2.09. The van der Waals surface area contributed by atoms with Crippen molar-refractivity contribution in [3.05, 3.63) is 34.6 Å². The zero-order chi connectivity index (χ0) is 11.0. The van der Waals surface area contributed by atoms with Gasteiger partial charge in [0.2, 0.25) is 0 Å². The lowest BCUT2D eigenvalue weighted by atomic mass is 10.2. The predicted molar refractivity (Wildman–Crippen MR) is 48.4 cm³/mol. The van der Waals surface area contributed by atoms with E-state index in [1.165, 1.54) is 0 Å². The van der Waals surface area contributed by atoms with Crippen molar-refractivity contribution in [2.24, 2.45) is 0 Å². The molecule has 78 valence electrons. The van der Waals surface area contributed by atoms with E-state index in [1.54, 1.807) is 0 Å². The molecular weight excluding hydrogens is 205 g/mol. The van der Waals surface area contributed by atoms with Crippen molar-refractivity contribution in [3.8, 4) is 0 Å². The fourth-order valence-corrected chi connectivity index (χ4v) is 1.23. The van der Waals surface area contributed by atoms with E-state index in [9.17, 15) is 9.18 Å². The summed E-state index contributed by atoms with van der Waals surface area (Å²) in [4.78, 5) is 17.3. The maximum Gasteiger partial charge on any atom is 0.258 e. The number of hydrogen-bond donors (Lipinski definition) is 3. The predicted octanol–water partition coefficient (Wildman–Crippen LogP) is 0.647. The van der Waals surface area contributed by atoms with Crippen LogP contribution in [0.2, 0.25) is 0 Å². The average Bonchev–Trinajstić information content (AvgIpc) is 2.16. The van der Waals surface area contributed by atoms with E-state index in [1.807, 2.05) is 0 Å². The second-order valence-electron chi connectivity index (χ2n) is 2.84. The van der Waals surface area contributed by atoms with Crippen molar-refractivity contribution >= 4 is 16.6 Å². The number of nitrogens with one attached hydrogen (secondary N) is 1. The van der Waals surface area contributed by atoms with Gasteiger partial charge in [-0.25, -0.2) is 9.37 Å². The molecule has 6 nitrogen and oxygen atoms in total. The third-order valence-electron chi connectivity index (χ3n) is 1.92. The number of hydrogen-bond acceptors (Lipinski definition) is 5. The van der Waals surface area contributed by atoms with E-state index < -0.39 is 17.1 Å². The highest BCUT2D eigenvalue weighted by Crippen LogP contribution is 2.20. The van der Waals surface area contributed by atoms with Gasteiger partial charge in [0.25, 0.3) is 5.56 Å². The topological polar surface area (TPSA) is 89.5 Å². The molecule has 0 atom stereocenters. The molecule has 0 spiro atoms. The van der Waals surface area contributed by atoms with E-state index in [2.05, 4.69) is 9.97 Å². The molecule has 1 heterocycles. The van der Waals surface area contributed by atoms with Gasteiger partial charge < -0.3 is 4.98 Å². The first-order valence-corrected chi connectivity index (χ1v) is 3.94. The highest BCUT2D eigenvalue weighted by molar-refractivity contribution is 5.81. The van der Waals surface area contributed by atoms with Crippen LogP contribution < -0.4 is 10.8 Å². The van der Waals surface area contributed by atoms with Crippen LogP contribution >= 0.6 is 0 Å². The van der Waals surface area contributed by atoms with Crippen molar-refractivity contribution in [1.29, 1.82) is 0 Å². The first-order valence-electron chi connectivity index (χ1n) is 3.94. The number of fused-ring (bicyclic) bond motifs is 1. The number of halogens is 1. The largest absolute Gasteiger partial charge is 0.313 e. The Hall–Kier alpha value is -1.99. The SMILES string of the molecule is O=c1[nH]cnc2cc(F)c(N(O)O)cc12. The van der Waals surface area contributed by atoms with Crippen molar-refractivity contribution in [2.45, 2.75) is 0 Å². The molecule has 2 rings (SSSR count). The number of rotatable bonds is 1. The zero-order valence-electron chi connectivity index (χ0n) is 7.31. The van der Waals surface area contributed by atoms with Gasteiger partial charge in [0.05, 0.1) is 17.2 Å². The van der Waals surface area contributed by atoms with Crippen molar-refractivity contribution in [1.82, 2.24) is 9.97 Å². The third kappa shape index (κ3) is 1.53. The summed E-state index contributed by atoms with van der Waals surface area (Å²) in [6, 6.07) is 1.94. The fourth-order valence-electron chi connectivity index (χ4n) is 1.23. The van der Waals surface area contributed by atoms with Crippen molar-refractivity contribution < 1.29 is 14.8 Å². The van der Waals surface area contributed by atoms with Crippen molar-refractivity contribution in [3.63, 3.8) is 0 Å². The monoisotopic (exact) mass is 211 g/mol. The summed E-state index contributed by atoms with van der Waals surface area (Å²) >= 11 is 0. The summed E-state index contributed by atoms with van der Waals surface area (Å²) in [5, 5.41) is 17.0. The summed E-state index contributed by atoms with van der Waals surface area (Å²) in [5.41, 5.74) is -0.856. The van der Waals surface area contributed by atoms with Crippen LogP contribution in [0.1, 0.15) is 0 Å². The maximum absolute atomic E-state index is 13.2. The van der Waals surface area contributed by atoms with E-state index in [4.69, 9.17) is 10.4 Å². The lowest BCUT2D eigenvalue weighted by Crippen LogP contribution is -2.14. The van der Waals surface area contributed by atoms with Gasteiger partial charge in [-0.15, -0.1) is 5.23 Å².